The minimum atomic E-state index is -0.442. The van der Waals surface area contributed by atoms with E-state index >= 15 is 0 Å². The highest BCUT2D eigenvalue weighted by Gasteiger charge is 2.16. The average Bonchev–Trinajstić information content (AvgIpc) is 3.18. The van der Waals surface area contributed by atoms with Gasteiger partial charge in [0.05, 0.1) is 7.11 Å². The number of hydrogen-bond donors (Lipinski definition) is 1. The number of para-hydroxylation sites is 1. The molecule has 0 aromatic heterocycles. The van der Waals surface area contributed by atoms with Crippen molar-refractivity contribution >= 4 is 0 Å². The molecule has 1 atom stereocenters. The van der Waals surface area contributed by atoms with Crippen molar-refractivity contribution in [3.63, 3.8) is 0 Å². The van der Waals surface area contributed by atoms with Crippen LogP contribution in [0.5, 0.6) is 11.5 Å². The SMILES string of the molecule is COc1ccc(CCc2ccccc2OC[C@H](O)CN2CCCC2)cc1. The van der Waals surface area contributed by atoms with Gasteiger partial charge in [0.15, 0.2) is 0 Å². The fourth-order valence-electron chi connectivity index (χ4n) is 3.42. The number of aryl methyl sites for hydroxylation is 2. The number of benzene rings is 2. The van der Waals surface area contributed by atoms with Crippen molar-refractivity contribution in [1.29, 1.82) is 0 Å². The summed E-state index contributed by atoms with van der Waals surface area (Å²) >= 11 is 0. The Hall–Kier alpha value is -2.04. The van der Waals surface area contributed by atoms with Crippen LogP contribution in [-0.2, 0) is 12.8 Å². The average molecular weight is 355 g/mol. The molecule has 4 heteroatoms. The van der Waals surface area contributed by atoms with E-state index in [1.54, 1.807) is 7.11 Å². The first-order valence-corrected chi connectivity index (χ1v) is 9.48. The number of β-amino-alcohol motifs (C(OH)–C–C–N with tert-alkyl or cyclic N) is 1. The molecule has 0 aliphatic carbocycles. The van der Waals surface area contributed by atoms with Gasteiger partial charge in [0.2, 0.25) is 0 Å². The molecule has 26 heavy (non-hydrogen) atoms. The number of methoxy groups -OCH3 is 1. The van der Waals surface area contributed by atoms with Crippen molar-refractivity contribution < 1.29 is 14.6 Å². The third-order valence-corrected chi connectivity index (χ3v) is 4.91. The molecule has 0 saturated carbocycles. The van der Waals surface area contributed by atoms with Gasteiger partial charge in [0.1, 0.15) is 24.2 Å². The van der Waals surface area contributed by atoms with Crippen LogP contribution in [-0.4, -0.2) is 49.5 Å². The second kappa shape index (κ2) is 9.60. The molecular weight excluding hydrogens is 326 g/mol. The maximum Gasteiger partial charge on any atom is 0.122 e. The lowest BCUT2D eigenvalue weighted by atomic mass is 10.0. The minimum Gasteiger partial charge on any atom is -0.497 e. The number of aliphatic hydroxyl groups excluding tert-OH is 1. The Kier molecular flexibility index (Phi) is 6.92. The van der Waals surface area contributed by atoms with Crippen LogP contribution in [0.25, 0.3) is 0 Å². The molecule has 1 heterocycles. The summed E-state index contributed by atoms with van der Waals surface area (Å²) in [6.07, 6.45) is 3.89. The van der Waals surface area contributed by atoms with E-state index in [1.807, 2.05) is 30.3 Å². The van der Waals surface area contributed by atoms with Crippen LogP contribution in [0.2, 0.25) is 0 Å². The number of nitrogens with zero attached hydrogens (tertiary/aromatic N) is 1. The molecule has 2 aromatic rings. The fraction of sp³-hybridized carbons (Fsp3) is 0.455. The number of aliphatic hydroxyl groups is 1. The normalized spacial score (nSPS) is 15.8. The van der Waals surface area contributed by atoms with E-state index in [4.69, 9.17) is 9.47 Å². The molecular formula is C22H29NO3. The van der Waals surface area contributed by atoms with Gasteiger partial charge in [0, 0.05) is 6.54 Å². The molecule has 0 spiro atoms. The van der Waals surface area contributed by atoms with Gasteiger partial charge in [-0.1, -0.05) is 30.3 Å². The Morgan fingerprint density at radius 3 is 2.46 bits per heavy atom. The standard InChI is InChI=1S/C22H29NO3/c1-25-21-12-9-18(10-13-21)8-11-19-6-2-3-7-22(19)26-17-20(24)16-23-14-4-5-15-23/h2-3,6-7,9-10,12-13,20,24H,4-5,8,11,14-17H2,1H3/t20-/m1/s1. The summed E-state index contributed by atoms with van der Waals surface area (Å²) in [6.45, 7) is 3.23. The Balaban J connectivity index is 1.51. The first-order valence-electron chi connectivity index (χ1n) is 9.48. The summed E-state index contributed by atoms with van der Waals surface area (Å²) in [5, 5.41) is 10.2. The molecule has 0 radical (unpaired) electrons. The van der Waals surface area contributed by atoms with E-state index in [1.165, 1.54) is 24.0 Å². The van der Waals surface area contributed by atoms with Crippen molar-refractivity contribution in [2.45, 2.75) is 31.8 Å². The van der Waals surface area contributed by atoms with E-state index in [0.29, 0.717) is 13.2 Å². The zero-order valence-corrected chi connectivity index (χ0v) is 15.6. The first-order chi connectivity index (χ1) is 12.7. The van der Waals surface area contributed by atoms with Crippen LogP contribution >= 0.6 is 0 Å². The maximum atomic E-state index is 10.2. The second-order valence-corrected chi connectivity index (χ2v) is 6.93. The van der Waals surface area contributed by atoms with Crippen molar-refractivity contribution in [2.75, 3.05) is 33.4 Å². The topological polar surface area (TPSA) is 41.9 Å². The zero-order chi connectivity index (χ0) is 18.2. The summed E-state index contributed by atoms with van der Waals surface area (Å²) in [6, 6.07) is 16.3. The van der Waals surface area contributed by atoms with Gasteiger partial charge in [-0.15, -0.1) is 0 Å². The van der Waals surface area contributed by atoms with Crippen molar-refractivity contribution in [2.24, 2.45) is 0 Å². The van der Waals surface area contributed by atoms with E-state index < -0.39 is 6.10 Å². The molecule has 1 fully saturated rings. The summed E-state index contributed by atoms with van der Waals surface area (Å²) in [7, 11) is 1.68. The molecule has 2 aromatic carbocycles. The molecule has 1 aliphatic rings. The van der Waals surface area contributed by atoms with Gasteiger partial charge in [0.25, 0.3) is 0 Å². The highest BCUT2D eigenvalue weighted by molar-refractivity contribution is 5.35. The predicted molar refractivity (Wildman–Crippen MR) is 104 cm³/mol. The quantitative estimate of drug-likeness (QED) is 0.749. The minimum absolute atomic E-state index is 0.343. The van der Waals surface area contributed by atoms with Crippen molar-refractivity contribution in [3.05, 3.63) is 59.7 Å². The summed E-state index contributed by atoms with van der Waals surface area (Å²) in [4.78, 5) is 2.31. The Morgan fingerprint density at radius 2 is 1.73 bits per heavy atom. The molecule has 140 valence electrons. The highest BCUT2D eigenvalue weighted by atomic mass is 16.5. The molecule has 1 aliphatic heterocycles. The van der Waals surface area contributed by atoms with Gasteiger partial charge in [-0.05, 0) is 68.1 Å². The van der Waals surface area contributed by atoms with E-state index in [-0.39, 0.29) is 0 Å². The largest absolute Gasteiger partial charge is 0.497 e. The van der Waals surface area contributed by atoms with E-state index in [0.717, 1.165) is 37.4 Å². The molecule has 0 unspecified atom stereocenters. The molecule has 0 bridgehead atoms. The van der Waals surface area contributed by atoms with Crippen molar-refractivity contribution in [3.8, 4) is 11.5 Å². The number of rotatable bonds is 9. The van der Waals surface area contributed by atoms with Gasteiger partial charge in [-0.3, -0.25) is 0 Å². The first kappa shape index (κ1) is 18.7. The second-order valence-electron chi connectivity index (χ2n) is 6.93. The summed E-state index contributed by atoms with van der Waals surface area (Å²) in [5.41, 5.74) is 2.45. The molecule has 3 rings (SSSR count). The predicted octanol–water partition coefficient (Wildman–Crippen LogP) is 3.32. The Bertz CT molecular complexity index is 665. The van der Waals surface area contributed by atoms with E-state index in [2.05, 4.69) is 23.1 Å². The fourth-order valence-corrected chi connectivity index (χ4v) is 3.42. The van der Waals surface area contributed by atoms with Crippen molar-refractivity contribution in [1.82, 2.24) is 4.90 Å². The van der Waals surface area contributed by atoms with Crippen LogP contribution < -0.4 is 9.47 Å². The molecule has 0 amide bonds. The molecule has 1 N–H and O–H groups in total. The number of hydrogen-bond acceptors (Lipinski definition) is 4. The highest BCUT2D eigenvalue weighted by Crippen LogP contribution is 2.21. The van der Waals surface area contributed by atoms with Gasteiger partial charge in [-0.2, -0.15) is 0 Å². The smallest absolute Gasteiger partial charge is 0.122 e. The Labute approximate surface area is 156 Å². The number of likely N-dealkylation sites (tertiary alicyclic amines) is 1. The van der Waals surface area contributed by atoms with Crippen LogP contribution in [0, 0.1) is 0 Å². The molecule has 4 nitrogen and oxygen atoms in total. The summed E-state index contributed by atoms with van der Waals surface area (Å²) in [5.74, 6) is 1.76. The van der Waals surface area contributed by atoms with E-state index in [9.17, 15) is 5.11 Å². The van der Waals surface area contributed by atoms with Gasteiger partial charge >= 0.3 is 0 Å². The maximum absolute atomic E-state index is 10.2. The van der Waals surface area contributed by atoms with Gasteiger partial charge in [-0.25, -0.2) is 0 Å². The lowest BCUT2D eigenvalue weighted by Gasteiger charge is -2.20. The summed E-state index contributed by atoms with van der Waals surface area (Å²) < 4.78 is 11.1. The number of ether oxygens (including phenoxy) is 2. The lowest BCUT2D eigenvalue weighted by Crippen LogP contribution is -2.33. The van der Waals surface area contributed by atoms with Gasteiger partial charge < -0.3 is 19.5 Å². The third-order valence-electron chi connectivity index (χ3n) is 4.91. The third kappa shape index (κ3) is 5.48. The van der Waals surface area contributed by atoms with Crippen LogP contribution in [0.4, 0.5) is 0 Å². The monoisotopic (exact) mass is 355 g/mol. The van der Waals surface area contributed by atoms with Crippen LogP contribution in [0.3, 0.4) is 0 Å². The molecule has 1 saturated heterocycles. The van der Waals surface area contributed by atoms with Crippen LogP contribution in [0.15, 0.2) is 48.5 Å². The van der Waals surface area contributed by atoms with Crippen LogP contribution in [0.1, 0.15) is 24.0 Å². The Morgan fingerprint density at radius 1 is 1.00 bits per heavy atom. The lowest BCUT2D eigenvalue weighted by molar-refractivity contribution is 0.0754. The zero-order valence-electron chi connectivity index (χ0n) is 15.6.